The fourth-order valence-corrected chi connectivity index (χ4v) is 3.13. The van der Waals surface area contributed by atoms with Gasteiger partial charge in [-0.2, -0.15) is 0 Å². The number of halogens is 2. The van der Waals surface area contributed by atoms with Gasteiger partial charge >= 0.3 is 6.09 Å². The highest BCUT2D eigenvalue weighted by Gasteiger charge is 2.36. The Morgan fingerprint density at radius 1 is 1.27 bits per heavy atom. The van der Waals surface area contributed by atoms with Crippen LogP contribution in [0.1, 0.15) is 46.1 Å². The van der Waals surface area contributed by atoms with Crippen molar-refractivity contribution in [3.05, 3.63) is 33.8 Å². The second-order valence-electron chi connectivity index (χ2n) is 7.19. The highest BCUT2D eigenvalue weighted by atomic mass is 35.5. The van der Waals surface area contributed by atoms with Gasteiger partial charge in [-0.25, -0.2) is 4.79 Å². The summed E-state index contributed by atoms with van der Waals surface area (Å²) in [6.45, 7) is 9.15. The van der Waals surface area contributed by atoms with E-state index in [1.807, 2.05) is 39.0 Å². The Bertz CT molecular complexity index is 568. The van der Waals surface area contributed by atoms with E-state index < -0.39 is 5.60 Å². The lowest BCUT2D eigenvalue weighted by Gasteiger charge is -2.41. The van der Waals surface area contributed by atoms with Crippen molar-refractivity contribution in [2.45, 2.75) is 51.6 Å². The van der Waals surface area contributed by atoms with Crippen molar-refractivity contribution in [3.63, 3.8) is 0 Å². The average Bonchev–Trinajstić information content (AvgIpc) is 2.40. The third-order valence-electron chi connectivity index (χ3n) is 3.96. The summed E-state index contributed by atoms with van der Waals surface area (Å²) < 4.78 is 5.49. The first-order valence-electron chi connectivity index (χ1n) is 7.54. The first kappa shape index (κ1) is 17.4. The fraction of sp³-hybridized carbons (Fsp3) is 0.588. The predicted octanol–water partition coefficient (Wildman–Crippen LogP) is 5.28. The zero-order chi connectivity index (χ0) is 16.5. The van der Waals surface area contributed by atoms with Gasteiger partial charge in [-0.05, 0) is 51.3 Å². The van der Waals surface area contributed by atoms with Gasteiger partial charge in [0, 0.05) is 18.5 Å². The summed E-state index contributed by atoms with van der Waals surface area (Å²) in [6, 6.07) is 5.71. The molecule has 5 heteroatoms. The molecule has 0 unspecified atom stereocenters. The van der Waals surface area contributed by atoms with Gasteiger partial charge in [-0.15, -0.1) is 0 Å². The Kier molecular flexibility index (Phi) is 4.98. The second-order valence-corrected chi connectivity index (χ2v) is 8.01. The van der Waals surface area contributed by atoms with E-state index in [-0.39, 0.29) is 11.5 Å². The summed E-state index contributed by atoms with van der Waals surface area (Å²) in [7, 11) is 0. The molecule has 1 aromatic rings. The highest BCUT2D eigenvalue weighted by molar-refractivity contribution is 6.42. The summed E-state index contributed by atoms with van der Waals surface area (Å²) >= 11 is 12.1. The van der Waals surface area contributed by atoms with Crippen molar-refractivity contribution in [3.8, 4) is 0 Å². The van der Waals surface area contributed by atoms with E-state index in [0.29, 0.717) is 16.6 Å². The van der Waals surface area contributed by atoms with Crippen LogP contribution in [0.15, 0.2) is 18.2 Å². The topological polar surface area (TPSA) is 29.5 Å². The maximum Gasteiger partial charge on any atom is 0.410 e. The van der Waals surface area contributed by atoms with E-state index >= 15 is 0 Å². The van der Waals surface area contributed by atoms with Crippen molar-refractivity contribution in [2.24, 2.45) is 0 Å². The Hall–Kier alpha value is -0.930. The number of carbonyl (C=O) groups excluding carboxylic acids is 1. The number of amides is 1. The van der Waals surface area contributed by atoms with Crippen LogP contribution >= 0.6 is 23.2 Å². The third-order valence-corrected chi connectivity index (χ3v) is 4.70. The largest absolute Gasteiger partial charge is 0.444 e. The summed E-state index contributed by atoms with van der Waals surface area (Å²) in [5.74, 6) is 0. The number of benzene rings is 1. The van der Waals surface area contributed by atoms with Gasteiger partial charge in [0.2, 0.25) is 0 Å². The van der Waals surface area contributed by atoms with Crippen LogP contribution in [-0.4, -0.2) is 29.7 Å². The third kappa shape index (κ3) is 4.08. The molecule has 0 aliphatic carbocycles. The van der Waals surface area contributed by atoms with Gasteiger partial charge < -0.3 is 9.64 Å². The zero-order valence-electron chi connectivity index (χ0n) is 13.6. The van der Waals surface area contributed by atoms with Crippen molar-refractivity contribution in [1.29, 1.82) is 0 Å². The highest BCUT2D eigenvalue weighted by Crippen LogP contribution is 2.36. The molecule has 1 fully saturated rings. The first-order chi connectivity index (χ1) is 10.1. The minimum absolute atomic E-state index is 0.136. The SMILES string of the molecule is CC(C)(C)OC(=O)N1CCC[C@](C)(c2ccc(Cl)c(Cl)c2)C1. The number of hydrogen-bond donors (Lipinski definition) is 0. The number of hydrogen-bond acceptors (Lipinski definition) is 2. The minimum Gasteiger partial charge on any atom is -0.444 e. The normalized spacial score (nSPS) is 22.5. The van der Waals surface area contributed by atoms with Crippen molar-refractivity contribution in [2.75, 3.05) is 13.1 Å². The van der Waals surface area contributed by atoms with Crippen LogP contribution in [0.4, 0.5) is 4.79 Å². The summed E-state index contributed by atoms with van der Waals surface area (Å²) in [4.78, 5) is 14.1. The number of nitrogens with zero attached hydrogens (tertiary/aromatic N) is 1. The molecule has 1 aliphatic heterocycles. The number of rotatable bonds is 1. The molecular weight excluding hydrogens is 321 g/mol. The second kappa shape index (κ2) is 6.29. The minimum atomic E-state index is -0.478. The van der Waals surface area contributed by atoms with E-state index in [0.717, 1.165) is 24.9 Å². The van der Waals surface area contributed by atoms with Gasteiger partial charge in [0.05, 0.1) is 10.0 Å². The quantitative estimate of drug-likeness (QED) is 0.693. The van der Waals surface area contributed by atoms with Crippen LogP contribution in [0.5, 0.6) is 0 Å². The molecule has 1 aromatic carbocycles. The molecule has 0 saturated carbocycles. The molecule has 0 radical (unpaired) electrons. The lowest BCUT2D eigenvalue weighted by Crippen LogP contribution is -2.48. The molecule has 1 heterocycles. The molecule has 1 aliphatic rings. The van der Waals surface area contributed by atoms with Crippen LogP contribution in [0.2, 0.25) is 10.0 Å². The van der Waals surface area contributed by atoms with Crippen molar-refractivity contribution in [1.82, 2.24) is 4.90 Å². The van der Waals surface area contributed by atoms with E-state index in [1.165, 1.54) is 0 Å². The van der Waals surface area contributed by atoms with Gasteiger partial charge in [-0.1, -0.05) is 36.2 Å². The van der Waals surface area contributed by atoms with Crippen LogP contribution in [0.25, 0.3) is 0 Å². The molecule has 3 nitrogen and oxygen atoms in total. The lowest BCUT2D eigenvalue weighted by molar-refractivity contribution is 0.0146. The molecule has 2 rings (SSSR count). The van der Waals surface area contributed by atoms with Gasteiger partial charge in [0.25, 0.3) is 0 Å². The Morgan fingerprint density at radius 3 is 2.55 bits per heavy atom. The summed E-state index contributed by atoms with van der Waals surface area (Å²) in [6.07, 6.45) is 1.69. The maximum absolute atomic E-state index is 12.3. The van der Waals surface area contributed by atoms with Crippen LogP contribution in [-0.2, 0) is 10.2 Å². The number of likely N-dealkylation sites (tertiary alicyclic amines) is 1. The predicted molar refractivity (Wildman–Crippen MR) is 90.9 cm³/mol. The zero-order valence-corrected chi connectivity index (χ0v) is 15.1. The molecule has 1 saturated heterocycles. The lowest BCUT2D eigenvalue weighted by atomic mass is 9.76. The van der Waals surface area contributed by atoms with Crippen molar-refractivity contribution < 1.29 is 9.53 Å². The monoisotopic (exact) mass is 343 g/mol. The fourth-order valence-electron chi connectivity index (χ4n) is 2.83. The van der Waals surface area contributed by atoms with Gasteiger partial charge in [0.15, 0.2) is 0 Å². The Labute approximate surface area is 142 Å². The molecule has 122 valence electrons. The van der Waals surface area contributed by atoms with Gasteiger partial charge in [-0.3, -0.25) is 0 Å². The number of carbonyl (C=O) groups is 1. The van der Waals surface area contributed by atoms with E-state index in [9.17, 15) is 4.79 Å². The molecule has 1 amide bonds. The number of ether oxygens (including phenoxy) is 1. The molecule has 0 aromatic heterocycles. The average molecular weight is 344 g/mol. The number of piperidine rings is 1. The van der Waals surface area contributed by atoms with Crippen LogP contribution in [0.3, 0.4) is 0 Å². The first-order valence-corrected chi connectivity index (χ1v) is 8.30. The smallest absolute Gasteiger partial charge is 0.410 e. The summed E-state index contributed by atoms with van der Waals surface area (Å²) in [5.41, 5.74) is 0.493. The molecule has 22 heavy (non-hydrogen) atoms. The van der Waals surface area contributed by atoms with E-state index in [1.54, 1.807) is 4.90 Å². The molecule has 0 spiro atoms. The molecule has 0 N–H and O–H groups in total. The van der Waals surface area contributed by atoms with Crippen LogP contribution in [0, 0.1) is 0 Å². The van der Waals surface area contributed by atoms with Gasteiger partial charge in [0.1, 0.15) is 5.60 Å². The van der Waals surface area contributed by atoms with E-state index in [4.69, 9.17) is 27.9 Å². The molecule has 0 bridgehead atoms. The van der Waals surface area contributed by atoms with E-state index in [2.05, 4.69) is 6.92 Å². The Balaban J connectivity index is 2.18. The maximum atomic E-state index is 12.3. The van der Waals surface area contributed by atoms with Crippen LogP contribution < -0.4 is 0 Å². The van der Waals surface area contributed by atoms with Crippen molar-refractivity contribution >= 4 is 29.3 Å². The molecular formula is C17H23Cl2NO2. The summed E-state index contributed by atoms with van der Waals surface area (Å²) in [5, 5.41) is 1.10. The standard InChI is InChI=1S/C17H23Cl2NO2/c1-16(2,3)22-15(21)20-9-5-8-17(4,11-20)12-6-7-13(18)14(19)10-12/h6-7,10H,5,8-9,11H2,1-4H3/t17-/m0/s1. The molecule has 1 atom stereocenters. The Morgan fingerprint density at radius 2 is 1.95 bits per heavy atom.